The largest absolute Gasteiger partial charge is 0.493 e. The molecule has 1 aliphatic rings. The molecule has 132 valence electrons. The van der Waals surface area contributed by atoms with Crippen LogP contribution >= 0.6 is 0 Å². The summed E-state index contributed by atoms with van der Waals surface area (Å²) in [6, 6.07) is 3.06. The van der Waals surface area contributed by atoms with Crippen molar-refractivity contribution in [1.29, 1.82) is 0 Å². The number of primary sulfonamides is 1. The average Bonchev–Trinajstić information content (AvgIpc) is 2.83. The summed E-state index contributed by atoms with van der Waals surface area (Å²) in [7, 11) is -0.779. The minimum absolute atomic E-state index is 0.0577. The predicted molar refractivity (Wildman–Crippen MR) is 88.0 cm³/mol. The zero-order valence-electron chi connectivity index (χ0n) is 13.7. The number of carbonyl (C=O) groups is 2. The van der Waals surface area contributed by atoms with Crippen LogP contribution in [0.3, 0.4) is 0 Å². The molecule has 0 aliphatic carbocycles. The van der Waals surface area contributed by atoms with Crippen molar-refractivity contribution in [3.05, 3.63) is 17.7 Å². The lowest BCUT2D eigenvalue weighted by Gasteiger charge is -2.21. The Morgan fingerprint density at radius 2 is 1.88 bits per heavy atom. The summed E-state index contributed by atoms with van der Waals surface area (Å²) >= 11 is 0. The van der Waals surface area contributed by atoms with Crippen LogP contribution in [0, 0.1) is 5.92 Å². The van der Waals surface area contributed by atoms with Gasteiger partial charge in [0.25, 0.3) is 0 Å². The Kier molecular flexibility index (Phi) is 5.14. The number of carbonyl (C=O) groups excluding carboxylic acids is 2. The van der Waals surface area contributed by atoms with Gasteiger partial charge in [-0.05, 0) is 13.0 Å². The van der Waals surface area contributed by atoms with E-state index in [4.69, 9.17) is 14.6 Å². The van der Waals surface area contributed by atoms with E-state index in [-0.39, 0.29) is 30.4 Å². The molecular weight excluding hydrogens is 336 g/mol. The van der Waals surface area contributed by atoms with Crippen LogP contribution < -0.4 is 19.5 Å². The molecule has 0 spiro atoms. The highest BCUT2D eigenvalue weighted by atomic mass is 32.2. The van der Waals surface area contributed by atoms with Crippen LogP contribution in [0.2, 0.25) is 0 Å². The van der Waals surface area contributed by atoms with Crippen molar-refractivity contribution in [3.63, 3.8) is 0 Å². The third-order valence-corrected chi connectivity index (χ3v) is 4.78. The number of nitrogens with zero attached hydrogens (tertiary/aromatic N) is 1. The molecule has 1 fully saturated rings. The van der Waals surface area contributed by atoms with Crippen molar-refractivity contribution in [1.82, 2.24) is 0 Å². The minimum atomic E-state index is -3.68. The van der Waals surface area contributed by atoms with E-state index in [1.54, 1.807) is 6.07 Å². The van der Waals surface area contributed by atoms with Crippen LogP contribution in [0.4, 0.5) is 5.69 Å². The van der Waals surface area contributed by atoms with E-state index < -0.39 is 15.9 Å². The number of Topliss-reactive ketones (excluding diaryl/α,β-unsaturated/α-hetero) is 1. The highest BCUT2D eigenvalue weighted by Crippen LogP contribution is 2.37. The van der Waals surface area contributed by atoms with Crippen molar-refractivity contribution >= 4 is 27.4 Å². The van der Waals surface area contributed by atoms with E-state index in [1.807, 2.05) is 0 Å². The molecule has 0 radical (unpaired) electrons. The van der Waals surface area contributed by atoms with E-state index in [9.17, 15) is 18.0 Å². The summed E-state index contributed by atoms with van der Waals surface area (Å²) in [5, 5.41) is 5.06. The fourth-order valence-electron chi connectivity index (χ4n) is 2.83. The summed E-state index contributed by atoms with van der Waals surface area (Å²) in [6.07, 6.45) is 0.0577. The van der Waals surface area contributed by atoms with E-state index >= 15 is 0 Å². The van der Waals surface area contributed by atoms with Crippen LogP contribution in [-0.4, -0.2) is 46.6 Å². The Labute approximate surface area is 140 Å². The lowest BCUT2D eigenvalue weighted by atomic mass is 10.1. The van der Waals surface area contributed by atoms with Crippen molar-refractivity contribution in [2.24, 2.45) is 11.1 Å². The molecule has 1 heterocycles. The molecule has 1 aromatic carbocycles. The van der Waals surface area contributed by atoms with Crippen molar-refractivity contribution < 1.29 is 27.5 Å². The molecule has 1 aromatic rings. The minimum Gasteiger partial charge on any atom is -0.493 e. The van der Waals surface area contributed by atoms with Gasteiger partial charge in [-0.25, -0.2) is 13.6 Å². The number of hydrogen-bond donors (Lipinski definition) is 1. The summed E-state index contributed by atoms with van der Waals surface area (Å²) < 4.78 is 32.9. The number of ether oxygens (including phenoxy) is 2. The van der Waals surface area contributed by atoms with Gasteiger partial charge in [0.1, 0.15) is 0 Å². The number of anilines is 1. The Morgan fingerprint density at radius 3 is 2.38 bits per heavy atom. The van der Waals surface area contributed by atoms with Gasteiger partial charge in [0.15, 0.2) is 17.3 Å². The van der Waals surface area contributed by atoms with Crippen LogP contribution in [0.1, 0.15) is 23.7 Å². The third kappa shape index (κ3) is 3.85. The number of rotatable bonds is 6. The Bertz CT molecular complexity index is 774. The molecule has 0 bridgehead atoms. The van der Waals surface area contributed by atoms with E-state index in [0.717, 1.165) is 0 Å². The average molecular weight is 356 g/mol. The number of amides is 1. The molecule has 24 heavy (non-hydrogen) atoms. The molecule has 0 aromatic heterocycles. The van der Waals surface area contributed by atoms with Gasteiger partial charge in [0.05, 0.1) is 25.7 Å². The molecule has 9 heteroatoms. The normalized spacial score (nSPS) is 17.9. The maximum atomic E-state index is 12.3. The zero-order valence-corrected chi connectivity index (χ0v) is 14.6. The molecule has 2 rings (SSSR count). The summed E-state index contributed by atoms with van der Waals surface area (Å²) in [5.74, 6) is -0.454. The molecule has 8 nitrogen and oxygen atoms in total. The van der Waals surface area contributed by atoms with Gasteiger partial charge in [-0.15, -0.1) is 0 Å². The van der Waals surface area contributed by atoms with Crippen molar-refractivity contribution in [2.75, 3.05) is 31.4 Å². The topological polar surface area (TPSA) is 116 Å². The van der Waals surface area contributed by atoms with Gasteiger partial charge in [0, 0.05) is 30.5 Å². The number of sulfonamides is 1. The predicted octanol–water partition coefficient (Wildman–Crippen LogP) is 0.548. The van der Waals surface area contributed by atoms with Crippen LogP contribution in [0.15, 0.2) is 12.1 Å². The smallest absolute Gasteiger partial charge is 0.227 e. The first-order valence-electron chi connectivity index (χ1n) is 7.24. The second-order valence-corrected chi connectivity index (χ2v) is 7.34. The first kappa shape index (κ1) is 18.2. The number of nitrogens with two attached hydrogens (primary N) is 1. The molecule has 1 aliphatic heterocycles. The molecular formula is C15H20N2O6S. The van der Waals surface area contributed by atoms with E-state index in [1.165, 1.54) is 32.1 Å². The fraction of sp³-hybridized carbons (Fsp3) is 0.467. The Balaban J connectivity index is 2.43. The van der Waals surface area contributed by atoms with Gasteiger partial charge < -0.3 is 14.4 Å². The number of ketones is 1. The van der Waals surface area contributed by atoms with Crippen LogP contribution in [-0.2, 0) is 14.8 Å². The number of hydrogen-bond acceptors (Lipinski definition) is 6. The molecule has 2 N–H and O–H groups in total. The zero-order chi connectivity index (χ0) is 18.1. The summed E-state index contributed by atoms with van der Waals surface area (Å²) in [4.78, 5) is 25.7. The van der Waals surface area contributed by atoms with Gasteiger partial charge in [-0.3, -0.25) is 9.59 Å². The van der Waals surface area contributed by atoms with Crippen molar-refractivity contribution in [3.8, 4) is 11.5 Å². The fourth-order valence-corrected chi connectivity index (χ4v) is 3.71. The summed E-state index contributed by atoms with van der Waals surface area (Å²) in [6.45, 7) is 1.55. The quantitative estimate of drug-likeness (QED) is 0.744. The standard InChI is InChI=1S/C15H20N2O6S/c1-9(18)11-5-13(22-2)14(23-3)6-12(11)17-7-10(4-15(17)19)8-24(16,20)21/h5-6,10H,4,7-8H2,1-3H3,(H2,16,20,21). The maximum absolute atomic E-state index is 12.3. The lowest BCUT2D eigenvalue weighted by molar-refractivity contribution is -0.117. The van der Waals surface area contributed by atoms with Gasteiger partial charge in [0.2, 0.25) is 15.9 Å². The highest BCUT2D eigenvalue weighted by molar-refractivity contribution is 7.89. The highest BCUT2D eigenvalue weighted by Gasteiger charge is 2.35. The molecule has 1 amide bonds. The molecule has 1 saturated heterocycles. The molecule has 1 unspecified atom stereocenters. The summed E-state index contributed by atoms with van der Waals surface area (Å²) in [5.41, 5.74) is 0.680. The number of methoxy groups -OCH3 is 2. The molecule has 1 atom stereocenters. The molecule has 0 saturated carbocycles. The van der Waals surface area contributed by atoms with E-state index in [2.05, 4.69) is 0 Å². The van der Waals surface area contributed by atoms with E-state index in [0.29, 0.717) is 22.7 Å². The maximum Gasteiger partial charge on any atom is 0.227 e. The van der Waals surface area contributed by atoms with Gasteiger partial charge in [-0.2, -0.15) is 0 Å². The lowest BCUT2D eigenvalue weighted by Crippen LogP contribution is -2.28. The SMILES string of the molecule is COc1cc(C(C)=O)c(N2CC(CS(N)(=O)=O)CC2=O)cc1OC. The third-order valence-electron chi connectivity index (χ3n) is 3.85. The number of benzene rings is 1. The first-order chi connectivity index (χ1) is 11.2. The van der Waals surface area contributed by atoms with Crippen LogP contribution in [0.25, 0.3) is 0 Å². The van der Waals surface area contributed by atoms with Crippen LogP contribution in [0.5, 0.6) is 11.5 Å². The Hall–Kier alpha value is -2.13. The van der Waals surface area contributed by atoms with Gasteiger partial charge in [-0.1, -0.05) is 0 Å². The Morgan fingerprint density at radius 1 is 1.29 bits per heavy atom. The van der Waals surface area contributed by atoms with Gasteiger partial charge >= 0.3 is 0 Å². The first-order valence-corrected chi connectivity index (χ1v) is 8.95. The second-order valence-electron chi connectivity index (χ2n) is 5.68. The van der Waals surface area contributed by atoms with Crippen molar-refractivity contribution in [2.45, 2.75) is 13.3 Å². The second kappa shape index (κ2) is 6.78. The monoisotopic (exact) mass is 356 g/mol.